The Morgan fingerprint density at radius 3 is 2.36 bits per heavy atom. The normalized spacial score (nSPS) is 20.2. The van der Waals surface area contributed by atoms with E-state index in [-0.39, 0.29) is 5.91 Å². The molecule has 2 atom stereocenters. The molecule has 2 aliphatic rings. The first-order valence-electron chi connectivity index (χ1n) is 11.9. The monoisotopic (exact) mass is 443 g/mol. The van der Waals surface area contributed by atoms with Gasteiger partial charge in [0.1, 0.15) is 5.70 Å². The summed E-state index contributed by atoms with van der Waals surface area (Å²) in [4.78, 5) is 20.9. The number of carbonyl (C=O) groups excluding carboxylic acids is 1. The van der Waals surface area contributed by atoms with Gasteiger partial charge < -0.3 is 16.0 Å². The second-order valence-electron chi connectivity index (χ2n) is 8.61. The number of aromatic nitrogens is 1. The molecule has 0 unspecified atom stereocenters. The van der Waals surface area contributed by atoms with Crippen LogP contribution in [0.15, 0.2) is 77.6 Å². The minimum absolute atomic E-state index is 0.148. The second-order valence-corrected chi connectivity index (χ2v) is 8.61. The Bertz CT molecular complexity index is 981. The van der Waals surface area contributed by atoms with Crippen LogP contribution in [0.25, 0.3) is 0 Å². The Morgan fingerprint density at radius 1 is 0.909 bits per heavy atom. The van der Waals surface area contributed by atoms with E-state index in [1.165, 1.54) is 31.2 Å². The summed E-state index contributed by atoms with van der Waals surface area (Å²) in [6.07, 6.45) is 14.9. The SMILES string of the molecule is O=C(NCc1ccc(CN[C@H]2CCCC[C@H]2NCc2ccccn2)cc1)C1=CC=CCC=N1. The number of hydrogen-bond donors (Lipinski definition) is 3. The van der Waals surface area contributed by atoms with Crippen molar-refractivity contribution in [2.24, 2.45) is 4.99 Å². The lowest BCUT2D eigenvalue weighted by Crippen LogP contribution is -2.49. The summed E-state index contributed by atoms with van der Waals surface area (Å²) < 4.78 is 0. The number of aliphatic imine (C=N–C) groups is 1. The fourth-order valence-corrected chi connectivity index (χ4v) is 4.28. The van der Waals surface area contributed by atoms with Gasteiger partial charge in [0.05, 0.1) is 5.69 Å². The van der Waals surface area contributed by atoms with E-state index in [9.17, 15) is 4.79 Å². The molecular weight excluding hydrogens is 410 g/mol. The molecule has 1 aromatic heterocycles. The fraction of sp³-hybridized carbons (Fsp3) is 0.370. The average Bonchev–Trinajstić information content (AvgIpc) is 3.16. The van der Waals surface area contributed by atoms with Crippen molar-refractivity contribution in [3.63, 3.8) is 0 Å². The van der Waals surface area contributed by atoms with E-state index in [0.29, 0.717) is 24.3 Å². The van der Waals surface area contributed by atoms with Crippen molar-refractivity contribution in [2.45, 2.75) is 63.8 Å². The summed E-state index contributed by atoms with van der Waals surface area (Å²) in [5, 5.41) is 10.4. The molecule has 1 aliphatic heterocycles. The summed E-state index contributed by atoms with van der Waals surface area (Å²) in [7, 11) is 0. The molecule has 1 aromatic carbocycles. The molecule has 0 spiro atoms. The highest BCUT2D eigenvalue weighted by Crippen LogP contribution is 2.19. The predicted octanol–water partition coefficient (Wildman–Crippen LogP) is 3.80. The quantitative estimate of drug-likeness (QED) is 0.551. The van der Waals surface area contributed by atoms with Gasteiger partial charge in [-0.1, -0.05) is 55.3 Å². The van der Waals surface area contributed by atoms with Crippen molar-refractivity contribution in [2.75, 3.05) is 0 Å². The highest BCUT2D eigenvalue weighted by Gasteiger charge is 2.24. The van der Waals surface area contributed by atoms with Gasteiger partial charge in [-0.25, -0.2) is 0 Å². The van der Waals surface area contributed by atoms with Crippen LogP contribution in [-0.4, -0.2) is 29.2 Å². The van der Waals surface area contributed by atoms with E-state index in [0.717, 1.165) is 30.8 Å². The number of rotatable bonds is 9. The lowest BCUT2D eigenvalue weighted by Gasteiger charge is -2.33. The molecule has 172 valence electrons. The van der Waals surface area contributed by atoms with E-state index in [1.807, 2.05) is 30.5 Å². The number of pyridine rings is 1. The third-order valence-electron chi connectivity index (χ3n) is 6.18. The molecule has 2 aromatic rings. The lowest BCUT2D eigenvalue weighted by atomic mass is 9.90. The highest BCUT2D eigenvalue weighted by molar-refractivity contribution is 5.95. The molecule has 6 heteroatoms. The smallest absolute Gasteiger partial charge is 0.270 e. The molecule has 4 rings (SSSR count). The molecule has 1 aliphatic carbocycles. The summed E-state index contributed by atoms with van der Waals surface area (Å²) >= 11 is 0. The van der Waals surface area contributed by atoms with Gasteiger partial charge in [0.2, 0.25) is 0 Å². The maximum absolute atomic E-state index is 12.3. The van der Waals surface area contributed by atoms with Crippen LogP contribution in [0.5, 0.6) is 0 Å². The molecular formula is C27H33N5O. The molecule has 6 nitrogen and oxygen atoms in total. The van der Waals surface area contributed by atoms with Gasteiger partial charge in [0.15, 0.2) is 0 Å². The zero-order valence-electron chi connectivity index (χ0n) is 19.0. The predicted molar refractivity (Wildman–Crippen MR) is 133 cm³/mol. The zero-order chi connectivity index (χ0) is 22.7. The van der Waals surface area contributed by atoms with Gasteiger partial charge in [-0.05, 0) is 42.2 Å². The fourth-order valence-electron chi connectivity index (χ4n) is 4.28. The maximum atomic E-state index is 12.3. The van der Waals surface area contributed by atoms with Crippen molar-refractivity contribution >= 4 is 12.1 Å². The Kier molecular flexibility index (Phi) is 8.55. The molecule has 1 saturated carbocycles. The van der Waals surface area contributed by atoms with E-state index in [4.69, 9.17) is 0 Å². The lowest BCUT2D eigenvalue weighted by molar-refractivity contribution is -0.117. The minimum Gasteiger partial charge on any atom is -0.347 e. The van der Waals surface area contributed by atoms with Crippen molar-refractivity contribution < 1.29 is 4.79 Å². The Balaban J connectivity index is 1.23. The summed E-state index contributed by atoms with van der Waals surface area (Å²) in [6, 6.07) is 15.4. The van der Waals surface area contributed by atoms with Gasteiger partial charge in [-0.15, -0.1) is 0 Å². The largest absolute Gasteiger partial charge is 0.347 e. The van der Waals surface area contributed by atoms with Gasteiger partial charge in [0.25, 0.3) is 5.91 Å². The standard InChI is InChI=1S/C27H33N5O/c33-27(26-11-2-1-6-17-29-26)32-19-22-14-12-21(13-15-22)18-30-24-9-3-4-10-25(24)31-20-23-8-5-7-16-28-23/h1-2,5,7-8,11-17,24-25,30-31H,3-4,6,9-10,18-20H2,(H,32,33)/t24-,25+/m0/s1. The first-order chi connectivity index (χ1) is 16.3. The third-order valence-corrected chi connectivity index (χ3v) is 6.18. The van der Waals surface area contributed by atoms with E-state index in [2.05, 4.69) is 56.3 Å². The van der Waals surface area contributed by atoms with Crippen LogP contribution in [-0.2, 0) is 24.4 Å². The average molecular weight is 444 g/mol. The molecule has 0 radical (unpaired) electrons. The van der Waals surface area contributed by atoms with Gasteiger partial charge >= 0.3 is 0 Å². The molecule has 33 heavy (non-hydrogen) atoms. The Hall–Kier alpha value is -3.09. The summed E-state index contributed by atoms with van der Waals surface area (Å²) in [6.45, 7) is 2.14. The molecule has 1 fully saturated rings. The van der Waals surface area contributed by atoms with Crippen molar-refractivity contribution in [3.8, 4) is 0 Å². The van der Waals surface area contributed by atoms with Crippen LogP contribution < -0.4 is 16.0 Å². The van der Waals surface area contributed by atoms with Crippen LogP contribution in [0.4, 0.5) is 0 Å². The van der Waals surface area contributed by atoms with Crippen molar-refractivity contribution in [1.82, 2.24) is 20.9 Å². The van der Waals surface area contributed by atoms with Gasteiger partial charge in [-0.2, -0.15) is 0 Å². The van der Waals surface area contributed by atoms with Crippen LogP contribution in [0.1, 0.15) is 48.9 Å². The summed E-state index contributed by atoms with van der Waals surface area (Å²) in [5.41, 5.74) is 3.86. The molecule has 3 N–H and O–H groups in total. The van der Waals surface area contributed by atoms with Crippen molar-refractivity contribution in [1.29, 1.82) is 0 Å². The van der Waals surface area contributed by atoms with E-state index in [1.54, 1.807) is 12.3 Å². The topological polar surface area (TPSA) is 78.4 Å². The highest BCUT2D eigenvalue weighted by atomic mass is 16.2. The van der Waals surface area contributed by atoms with Gasteiger partial charge in [0, 0.05) is 50.6 Å². The Labute approximate surface area is 196 Å². The third kappa shape index (κ3) is 7.20. The van der Waals surface area contributed by atoms with Crippen LogP contribution in [0.3, 0.4) is 0 Å². The summed E-state index contributed by atoms with van der Waals surface area (Å²) in [5.74, 6) is -0.148. The molecule has 2 heterocycles. The van der Waals surface area contributed by atoms with Crippen molar-refractivity contribution in [3.05, 3.63) is 89.4 Å². The number of hydrogen-bond acceptors (Lipinski definition) is 5. The zero-order valence-corrected chi connectivity index (χ0v) is 19.0. The number of amides is 1. The van der Waals surface area contributed by atoms with Crippen LogP contribution >= 0.6 is 0 Å². The molecule has 0 saturated heterocycles. The van der Waals surface area contributed by atoms with Crippen LogP contribution in [0.2, 0.25) is 0 Å². The molecule has 1 amide bonds. The number of carbonyl (C=O) groups is 1. The minimum atomic E-state index is -0.148. The first kappa shape index (κ1) is 23.1. The maximum Gasteiger partial charge on any atom is 0.270 e. The Morgan fingerprint density at radius 2 is 1.64 bits per heavy atom. The van der Waals surface area contributed by atoms with Gasteiger partial charge in [-0.3, -0.25) is 14.8 Å². The number of benzene rings is 1. The number of nitrogens with one attached hydrogen (secondary N) is 3. The first-order valence-corrected chi connectivity index (χ1v) is 11.9. The second kappa shape index (κ2) is 12.2. The van der Waals surface area contributed by atoms with E-state index < -0.39 is 0 Å². The number of allylic oxidation sites excluding steroid dienone is 3. The molecule has 0 bridgehead atoms. The van der Waals surface area contributed by atoms with E-state index >= 15 is 0 Å². The van der Waals surface area contributed by atoms with Crippen LogP contribution in [0, 0.1) is 0 Å². The number of nitrogens with zero attached hydrogens (tertiary/aromatic N) is 2.